The number of carboxylic acid groups (broad SMARTS) is 1. The summed E-state index contributed by atoms with van der Waals surface area (Å²) in [5, 5.41) is 22.7. The molecule has 0 bridgehead atoms. The van der Waals surface area contributed by atoms with Crippen molar-refractivity contribution in [1.29, 1.82) is 0 Å². The molecule has 1 amide bonds. The molecule has 12 heteroatoms. The van der Waals surface area contributed by atoms with Crippen molar-refractivity contribution in [2.24, 2.45) is 0 Å². The van der Waals surface area contributed by atoms with Gasteiger partial charge < -0.3 is 44.0 Å². The molecule has 2 fully saturated rings. The van der Waals surface area contributed by atoms with E-state index in [-0.39, 0.29) is 6.61 Å². The third-order valence-electron chi connectivity index (χ3n) is 5.63. The number of methoxy groups -OCH3 is 2. The second kappa shape index (κ2) is 11.2. The summed E-state index contributed by atoms with van der Waals surface area (Å²) >= 11 is 0. The van der Waals surface area contributed by atoms with Gasteiger partial charge >= 0.3 is 11.9 Å². The molecule has 0 saturated carbocycles. The predicted octanol–water partition coefficient (Wildman–Crippen LogP) is -0.259. The number of aliphatic hydroxyl groups is 1. The molecule has 7 atom stereocenters. The number of carbonyl (C=O) groups excluding carboxylic acids is 2. The van der Waals surface area contributed by atoms with Crippen LogP contribution in [0.25, 0.3) is 0 Å². The van der Waals surface area contributed by atoms with Crippen molar-refractivity contribution in [2.45, 2.75) is 55.9 Å². The van der Waals surface area contributed by atoms with Crippen molar-refractivity contribution in [3.8, 4) is 0 Å². The van der Waals surface area contributed by atoms with E-state index in [2.05, 4.69) is 5.32 Å². The van der Waals surface area contributed by atoms with Gasteiger partial charge in [0.1, 0.15) is 24.9 Å². The van der Waals surface area contributed by atoms with Crippen LogP contribution in [0.3, 0.4) is 0 Å². The van der Waals surface area contributed by atoms with Crippen LogP contribution in [0, 0.1) is 0 Å². The molecule has 2 saturated heterocycles. The van der Waals surface area contributed by atoms with Crippen LogP contribution < -0.4 is 5.32 Å². The number of hydrogen-bond donors (Lipinski definition) is 3. The van der Waals surface area contributed by atoms with E-state index >= 15 is 0 Å². The number of carboxylic acids is 1. The van der Waals surface area contributed by atoms with E-state index in [4.69, 9.17) is 33.5 Å². The van der Waals surface area contributed by atoms with Crippen LogP contribution in [0.5, 0.6) is 0 Å². The zero-order valence-corrected chi connectivity index (χ0v) is 19.0. The molecule has 3 N–H and O–H groups in total. The number of benzene rings is 1. The third-order valence-corrected chi connectivity index (χ3v) is 5.63. The molecule has 34 heavy (non-hydrogen) atoms. The Balaban J connectivity index is 1.99. The first-order valence-electron chi connectivity index (χ1n) is 10.6. The van der Waals surface area contributed by atoms with Gasteiger partial charge in [-0.15, -0.1) is 0 Å². The summed E-state index contributed by atoms with van der Waals surface area (Å²) in [6.45, 7) is 0.442. The third kappa shape index (κ3) is 5.71. The molecule has 3 rings (SSSR count). The summed E-state index contributed by atoms with van der Waals surface area (Å²) < 4.78 is 33.6. The van der Waals surface area contributed by atoms with Crippen LogP contribution >= 0.6 is 0 Å². The van der Waals surface area contributed by atoms with Gasteiger partial charge in [0.05, 0.1) is 25.9 Å². The Morgan fingerprint density at radius 1 is 1.18 bits per heavy atom. The van der Waals surface area contributed by atoms with Crippen molar-refractivity contribution < 1.29 is 53.0 Å². The molecular weight excluding hydrogens is 454 g/mol. The molecule has 1 aromatic rings. The number of ether oxygens (including phenoxy) is 6. The van der Waals surface area contributed by atoms with E-state index in [9.17, 15) is 19.5 Å². The largest absolute Gasteiger partial charge is 0.480 e. The smallest absolute Gasteiger partial charge is 0.366 e. The van der Waals surface area contributed by atoms with E-state index < -0.39 is 73.4 Å². The minimum Gasteiger partial charge on any atom is -0.480 e. The van der Waals surface area contributed by atoms with Crippen molar-refractivity contribution in [1.82, 2.24) is 5.32 Å². The SMILES string of the molecule is COC(=O)[C@@]1(OCC(=O)O)C[C@@H](O)[C@@H](NC(C)=O)C(C2OC(c3ccccc3)OCC2OC)O1. The highest BCUT2D eigenvalue weighted by atomic mass is 16.8. The quantitative estimate of drug-likeness (QED) is 0.418. The van der Waals surface area contributed by atoms with E-state index in [1.165, 1.54) is 14.0 Å². The predicted molar refractivity (Wildman–Crippen MR) is 112 cm³/mol. The normalized spacial score (nSPS) is 33.6. The summed E-state index contributed by atoms with van der Waals surface area (Å²) in [6.07, 6.45) is -5.59. The van der Waals surface area contributed by atoms with Gasteiger partial charge in [-0.1, -0.05) is 30.3 Å². The molecule has 12 nitrogen and oxygen atoms in total. The number of rotatable bonds is 8. The van der Waals surface area contributed by atoms with Crippen LogP contribution in [0.1, 0.15) is 25.2 Å². The lowest BCUT2D eigenvalue weighted by atomic mass is 9.88. The lowest BCUT2D eigenvalue weighted by Crippen LogP contribution is -2.69. The summed E-state index contributed by atoms with van der Waals surface area (Å²) in [6, 6.07) is 8.00. The van der Waals surface area contributed by atoms with E-state index in [1.807, 2.05) is 18.2 Å². The Morgan fingerprint density at radius 2 is 1.88 bits per heavy atom. The number of aliphatic carboxylic acids is 1. The zero-order chi connectivity index (χ0) is 24.9. The van der Waals surface area contributed by atoms with Crippen molar-refractivity contribution >= 4 is 17.8 Å². The Morgan fingerprint density at radius 3 is 2.47 bits per heavy atom. The molecule has 1 aromatic carbocycles. The van der Waals surface area contributed by atoms with Gasteiger partial charge in [-0.25, -0.2) is 9.59 Å². The van der Waals surface area contributed by atoms with Crippen LogP contribution in [-0.4, -0.2) is 91.7 Å². The maximum Gasteiger partial charge on any atom is 0.366 e. The fraction of sp³-hybridized carbons (Fsp3) is 0.591. The molecule has 4 unspecified atom stereocenters. The summed E-state index contributed by atoms with van der Waals surface area (Å²) in [5.74, 6) is -5.12. The van der Waals surface area contributed by atoms with E-state index in [1.54, 1.807) is 12.1 Å². The highest BCUT2D eigenvalue weighted by Crippen LogP contribution is 2.38. The monoisotopic (exact) mass is 483 g/mol. The molecule has 0 aliphatic carbocycles. The number of nitrogens with one attached hydrogen (secondary N) is 1. The minimum absolute atomic E-state index is 0.0741. The fourth-order valence-corrected chi connectivity index (χ4v) is 4.09. The first-order chi connectivity index (χ1) is 16.2. The van der Waals surface area contributed by atoms with Gasteiger partial charge in [0.2, 0.25) is 5.91 Å². The van der Waals surface area contributed by atoms with Crippen LogP contribution in [0.15, 0.2) is 30.3 Å². The zero-order valence-electron chi connectivity index (χ0n) is 19.0. The van der Waals surface area contributed by atoms with Crippen molar-refractivity contribution in [3.05, 3.63) is 35.9 Å². The molecule has 2 aliphatic rings. The van der Waals surface area contributed by atoms with Gasteiger partial charge in [0.25, 0.3) is 5.79 Å². The number of carbonyl (C=O) groups is 3. The average molecular weight is 483 g/mol. The molecule has 2 aliphatic heterocycles. The Kier molecular flexibility index (Phi) is 8.57. The van der Waals surface area contributed by atoms with Gasteiger partial charge in [-0.05, 0) is 0 Å². The maximum atomic E-state index is 12.7. The molecule has 0 aromatic heterocycles. The van der Waals surface area contributed by atoms with E-state index in [0.29, 0.717) is 5.56 Å². The number of hydrogen-bond acceptors (Lipinski definition) is 10. The van der Waals surface area contributed by atoms with E-state index in [0.717, 1.165) is 7.11 Å². The molecular formula is C22H29NO11. The lowest BCUT2D eigenvalue weighted by molar-refractivity contribution is -0.342. The minimum atomic E-state index is -2.26. The Labute approximate surface area is 196 Å². The number of esters is 1. The molecule has 188 valence electrons. The molecule has 2 heterocycles. The second-order valence-corrected chi connectivity index (χ2v) is 7.96. The summed E-state index contributed by atoms with van der Waals surface area (Å²) in [5.41, 5.74) is 0.704. The Hall–Kier alpha value is -2.61. The average Bonchev–Trinajstić information content (AvgIpc) is 2.83. The topological polar surface area (TPSA) is 159 Å². The lowest BCUT2D eigenvalue weighted by Gasteiger charge is -2.49. The maximum absolute atomic E-state index is 12.7. The van der Waals surface area contributed by atoms with Crippen molar-refractivity contribution in [3.63, 3.8) is 0 Å². The fourth-order valence-electron chi connectivity index (χ4n) is 4.09. The first kappa shape index (κ1) is 26.0. The Bertz CT molecular complexity index is 866. The van der Waals surface area contributed by atoms with Gasteiger partial charge in [0.15, 0.2) is 6.29 Å². The molecule has 0 radical (unpaired) electrons. The standard InChI is InChI=1S/C22H29NO11/c1-12(24)23-17-14(25)9-22(21(28)30-3,32-11-16(26)27)34-19(17)18-15(29-2)10-31-20(33-18)13-7-5-4-6-8-13/h4-8,14-15,17-20,25H,9-11H2,1-3H3,(H,23,24)(H,26,27)/t14-,15?,17-,18?,19?,20?,22-/m1/s1. The second-order valence-electron chi connectivity index (χ2n) is 7.96. The van der Waals surface area contributed by atoms with Crippen molar-refractivity contribution in [2.75, 3.05) is 27.4 Å². The number of aliphatic hydroxyl groups excluding tert-OH is 1. The highest BCUT2D eigenvalue weighted by molar-refractivity contribution is 5.79. The van der Waals surface area contributed by atoms with Gasteiger partial charge in [-0.2, -0.15) is 0 Å². The summed E-state index contributed by atoms with van der Waals surface area (Å²) in [7, 11) is 2.50. The first-order valence-corrected chi connectivity index (χ1v) is 10.6. The van der Waals surface area contributed by atoms with Crippen LogP contribution in [-0.2, 0) is 42.8 Å². The van der Waals surface area contributed by atoms with Crippen LogP contribution in [0.4, 0.5) is 0 Å². The van der Waals surface area contributed by atoms with Gasteiger partial charge in [0, 0.05) is 26.0 Å². The molecule has 0 spiro atoms. The highest BCUT2D eigenvalue weighted by Gasteiger charge is 2.58. The number of amides is 1. The van der Waals surface area contributed by atoms with Crippen LogP contribution in [0.2, 0.25) is 0 Å². The summed E-state index contributed by atoms with van der Waals surface area (Å²) in [4.78, 5) is 35.7. The van der Waals surface area contributed by atoms with Gasteiger partial charge in [-0.3, -0.25) is 4.79 Å².